The Balaban J connectivity index is 2.54. The third-order valence-electron chi connectivity index (χ3n) is 3.39. The van der Waals surface area contributed by atoms with Gasteiger partial charge in [0, 0.05) is 13.2 Å². The Hall–Kier alpha value is -0.0400. The molecule has 78 valence electrons. The van der Waals surface area contributed by atoms with E-state index in [4.69, 9.17) is 4.74 Å². The molecule has 1 nitrogen and oxygen atoms in total. The van der Waals surface area contributed by atoms with Crippen molar-refractivity contribution in [2.45, 2.75) is 47.0 Å². The summed E-state index contributed by atoms with van der Waals surface area (Å²) in [7, 11) is 0. The third-order valence-corrected chi connectivity index (χ3v) is 3.39. The fraction of sp³-hybridized carbons (Fsp3) is 1.00. The van der Waals surface area contributed by atoms with E-state index < -0.39 is 0 Å². The van der Waals surface area contributed by atoms with Gasteiger partial charge in [0.2, 0.25) is 0 Å². The van der Waals surface area contributed by atoms with E-state index in [-0.39, 0.29) is 0 Å². The minimum Gasteiger partial charge on any atom is -0.381 e. The van der Waals surface area contributed by atoms with Gasteiger partial charge in [-0.3, -0.25) is 0 Å². The van der Waals surface area contributed by atoms with Crippen LogP contribution in [-0.2, 0) is 4.74 Å². The van der Waals surface area contributed by atoms with Gasteiger partial charge in [-0.25, -0.2) is 0 Å². The van der Waals surface area contributed by atoms with Gasteiger partial charge in [-0.15, -0.1) is 0 Å². The number of rotatable bonds is 2. The SMILES string of the molecule is CC[C@@H](C1CCOCC1)C(C)(C)C. The summed E-state index contributed by atoms with van der Waals surface area (Å²) in [5.74, 6) is 1.77. The van der Waals surface area contributed by atoms with E-state index in [0.29, 0.717) is 5.41 Å². The highest BCUT2D eigenvalue weighted by atomic mass is 16.5. The Morgan fingerprint density at radius 2 is 1.77 bits per heavy atom. The van der Waals surface area contributed by atoms with E-state index >= 15 is 0 Å². The van der Waals surface area contributed by atoms with Gasteiger partial charge in [0.05, 0.1) is 0 Å². The Kier molecular flexibility index (Phi) is 3.78. The highest BCUT2D eigenvalue weighted by molar-refractivity contribution is 4.80. The van der Waals surface area contributed by atoms with Gasteiger partial charge in [-0.2, -0.15) is 0 Å². The molecule has 1 aliphatic heterocycles. The van der Waals surface area contributed by atoms with Gasteiger partial charge in [0.15, 0.2) is 0 Å². The van der Waals surface area contributed by atoms with Crippen LogP contribution in [-0.4, -0.2) is 13.2 Å². The monoisotopic (exact) mass is 184 g/mol. The van der Waals surface area contributed by atoms with Crippen LogP contribution in [0.15, 0.2) is 0 Å². The number of ether oxygens (including phenoxy) is 1. The molecular weight excluding hydrogens is 160 g/mol. The molecule has 13 heavy (non-hydrogen) atoms. The van der Waals surface area contributed by atoms with E-state index in [9.17, 15) is 0 Å². The van der Waals surface area contributed by atoms with Crippen LogP contribution in [0, 0.1) is 17.3 Å². The molecule has 1 heterocycles. The Morgan fingerprint density at radius 1 is 1.23 bits per heavy atom. The Labute approximate surface area is 82.9 Å². The third kappa shape index (κ3) is 2.98. The predicted octanol–water partition coefficient (Wildman–Crippen LogP) is 3.49. The van der Waals surface area contributed by atoms with Crippen LogP contribution in [0.2, 0.25) is 0 Å². The molecule has 0 N–H and O–H groups in total. The topological polar surface area (TPSA) is 9.23 Å². The van der Waals surface area contributed by atoms with Crippen LogP contribution >= 0.6 is 0 Å². The van der Waals surface area contributed by atoms with Gasteiger partial charge in [-0.1, -0.05) is 34.1 Å². The first-order valence-corrected chi connectivity index (χ1v) is 5.63. The van der Waals surface area contributed by atoms with Crippen LogP contribution in [0.1, 0.15) is 47.0 Å². The lowest BCUT2D eigenvalue weighted by molar-refractivity contribution is 0.0192. The molecule has 0 saturated carbocycles. The average Bonchev–Trinajstić information content (AvgIpc) is 2.05. The molecule has 1 rings (SSSR count). The van der Waals surface area contributed by atoms with Crippen LogP contribution in [0.3, 0.4) is 0 Å². The van der Waals surface area contributed by atoms with Crippen molar-refractivity contribution in [1.29, 1.82) is 0 Å². The molecular formula is C12H24O. The van der Waals surface area contributed by atoms with Crippen LogP contribution < -0.4 is 0 Å². The fourth-order valence-electron chi connectivity index (χ4n) is 2.77. The molecule has 1 heteroatoms. The largest absolute Gasteiger partial charge is 0.381 e. The van der Waals surface area contributed by atoms with Gasteiger partial charge in [-0.05, 0) is 30.1 Å². The van der Waals surface area contributed by atoms with Crippen molar-refractivity contribution in [3.05, 3.63) is 0 Å². The van der Waals surface area contributed by atoms with E-state index in [1.54, 1.807) is 0 Å². The maximum Gasteiger partial charge on any atom is 0.0468 e. The van der Waals surface area contributed by atoms with Crippen LogP contribution in [0.5, 0.6) is 0 Å². The molecule has 0 radical (unpaired) electrons. The van der Waals surface area contributed by atoms with Crippen molar-refractivity contribution in [1.82, 2.24) is 0 Å². The summed E-state index contributed by atoms with van der Waals surface area (Å²) in [4.78, 5) is 0. The van der Waals surface area contributed by atoms with Crippen molar-refractivity contribution < 1.29 is 4.74 Å². The fourth-order valence-corrected chi connectivity index (χ4v) is 2.77. The summed E-state index contributed by atoms with van der Waals surface area (Å²) in [6.07, 6.45) is 3.86. The maximum absolute atomic E-state index is 5.41. The van der Waals surface area contributed by atoms with Gasteiger partial charge >= 0.3 is 0 Å². The van der Waals surface area contributed by atoms with E-state index in [1.807, 2.05) is 0 Å². The second-order valence-electron chi connectivity index (χ2n) is 5.33. The smallest absolute Gasteiger partial charge is 0.0468 e. The van der Waals surface area contributed by atoms with Crippen molar-refractivity contribution in [3.8, 4) is 0 Å². The minimum atomic E-state index is 0.469. The average molecular weight is 184 g/mol. The lowest BCUT2D eigenvalue weighted by atomic mass is 9.69. The summed E-state index contributed by atoms with van der Waals surface area (Å²) < 4.78 is 5.41. The molecule has 1 saturated heterocycles. The summed E-state index contributed by atoms with van der Waals surface area (Å²) in [5.41, 5.74) is 0.469. The lowest BCUT2D eigenvalue weighted by Gasteiger charge is -2.38. The molecule has 1 atom stereocenters. The quantitative estimate of drug-likeness (QED) is 0.638. The van der Waals surface area contributed by atoms with Crippen molar-refractivity contribution in [3.63, 3.8) is 0 Å². The summed E-state index contributed by atoms with van der Waals surface area (Å²) in [6, 6.07) is 0. The zero-order chi connectivity index (χ0) is 9.90. The molecule has 0 spiro atoms. The Morgan fingerprint density at radius 3 is 2.15 bits per heavy atom. The first kappa shape index (κ1) is 11.0. The summed E-state index contributed by atoms with van der Waals surface area (Å²) >= 11 is 0. The molecule has 1 aliphatic rings. The molecule has 0 aromatic rings. The Bertz CT molecular complexity index is 140. The van der Waals surface area contributed by atoms with E-state index in [1.165, 1.54) is 19.3 Å². The number of hydrogen-bond acceptors (Lipinski definition) is 1. The first-order valence-electron chi connectivity index (χ1n) is 5.63. The van der Waals surface area contributed by atoms with Gasteiger partial charge < -0.3 is 4.74 Å². The predicted molar refractivity (Wildman–Crippen MR) is 56.8 cm³/mol. The normalized spacial score (nSPS) is 23.1. The van der Waals surface area contributed by atoms with Gasteiger partial charge in [0.1, 0.15) is 0 Å². The van der Waals surface area contributed by atoms with E-state index in [2.05, 4.69) is 27.7 Å². The zero-order valence-electron chi connectivity index (χ0n) is 9.60. The molecule has 1 fully saturated rings. The highest BCUT2D eigenvalue weighted by Gasteiger charge is 2.31. The van der Waals surface area contributed by atoms with Crippen molar-refractivity contribution in [2.24, 2.45) is 17.3 Å². The van der Waals surface area contributed by atoms with Crippen molar-refractivity contribution >= 4 is 0 Å². The molecule has 0 aromatic heterocycles. The molecule has 0 aromatic carbocycles. The van der Waals surface area contributed by atoms with E-state index in [0.717, 1.165) is 25.0 Å². The molecule has 0 amide bonds. The first-order chi connectivity index (χ1) is 6.05. The summed E-state index contributed by atoms with van der Waals surface area (Å²) in [5, 5.41) is 0. The lowest BCUT2D eigenvalue weighted by Crippen LogP contribution is -2.31. The second-order valence-corrected chi connectivity index (χ2v) is 5.33. The molecule has 0 unspecified atom stereocenters. The molecule has 0 bridgehead atoms. The molecule has 0 aliphatic carbocycles. The highest BCUT2D eigenvalue weighted by Crippen LogP contribution is 2.38. The van der Waals surface area contributed by atoms with Gasteiger partial charge in [0.25, 0.3) is 0 Å². The van der Waals surface area contributed by atoms with Crippen LogP contribution in [0.4, 0.5) is 0 Å². The second kappa shape index (κ2) is 4.45. The zero-order valence-corrected chi connectivity index (χ0v) is 9.60. The van der Waals surface area contributed by atoms with Crippen molar-refractivity contribution in [2.75, 3.05) is 13.2 Å². The maximum atomic E-state index is 5.41. The number of hydrogen-bond donors (Lipinski definition) is 0. The van der Waals surface area contributed by atoms with Crippen LogP contribution in [0.25, 0.3) is 0 Å². The summed E-state index contributed by atoms with van der Waals surface area (Å²) in [6.45, 7) is 11.4. The minimum absolute atomic E-state index is 0.469. The standard InChI is InChI=1S/C12H24O/c1-5-11(12(2,3)4)10-6-8-13-9-7-10/h10-11H,5-9H2,1-4H3/t11-/m0/s1.